The second-order valence-corrected chi connectivity index (χ2v) is 10.5. The summed E-state index contributed by atoms with van der Waals surface area (Å²) in [5.41, 5.74) is 2.59. The first kappa shape index (κ1) is 23.9. The second-order valence-electron chi connectivity index (χ2n) is 8.79. The summed E-state index contributed by atoms with van der Waals surface area (Å²) in [6, 6.07) is 18.2. The number of hydrogen-bond donors (Lipinski definition) is 3. The third-order valence-corrected chi connectivity index (χ3v) is 7.40. The third-order valence-electron chi connectivity index (χ3n) is 6.17. The first-order chi connectivity index (χ1) is 16.2. The molecule has 0 aliphatic carbocycles. The summed E-state index contributed by atoms with van der Waals surface area (Å²) in [5, 5.41) is 8.19. The molecule has 2 atom stereocenters. The van der Waals surface area contributed by atoms with Crippen LogP contribution in [0, 0.1) is 6.92 Å². The molecule has 1 aliphatic heterocycles. The van der Waals surface area contributed by atoms with E-state index in [0.29, 0.717) is 24.1 Å². The Morgan fingerprint density at radius 3 is 2.62 bits per heavy atom. The van der Waals surface area contributed by atoms with Gasteiger partial charge in [-0.25, -0.2) is 8.42 Å². The van der Waals surface area contributed by atoms with Gasteiger partial charge in [0, 0.05) is 5.56 Å². The Labute approximate surface area is 200 Å². The van der Waals surface area contributed by atoms with Crippen LogP contribution in [0.5, 0.6) is 0 Å². The molecule has 3 N–H and O–H groups in total. The molecular weight excluding hydrogens is 450 g/mol. The Kier molecular flexibility index (Phi) is 7.00. The van der Waals surface area contributed by atoms with Crippen LogP contribution in [-0.2, 0) is 20.6 Å². The zero-order valence-corrected chi connectivity index (χ0v) is 20.1. The number of benzene rings is 3. The Bertz CT molecular complexity index is 1330. The van der Waals surface area contributed by atoms with Gasteiger partial charge in [-0.2, -0.15) is 0 Å². The minimum atomic E-state index is -3.89. The van der Waals surface area contributed by atoms with Gasteiger partial charge in [-0.1, -0.05) is 54.6 Å². The van der Waals surface area contributed by atoms with Gasteiger partial charge in [-0.3, -0.25) is 14.3 Å². The molecule has 2 amide bonds. The van der Waals surface area contributed by atoms with E-state index in [1.165, 1.54) is 0 Å². The highest BCUT2D eigenvalue weighted by Crippen LogP contribution is 2.25. The number of sulfonamides is 1. The fraction of sp³-hybridized carbons (Fsp3) is 0.308. The molecule has 1 heterocycles. The van der Waals surface area contributed by atoms with Crippen molar-refractivity contribution in [3.63, 3.8) is 0 Å². The van der Waals surface area contributed by atoms with Crippen LogP contribution in [-0.4, -0.2) is 32.8 Å². The van der Waals surface area contributed by atoms with Crippen molar-refractivity contribution in [1.29, 1.82) is 0 Å². The van der Waals surface area contributed by atoms with Gasteiger partial charge in [0.25, 0.3) is 11.8 Å². The molecule has 0 bridgehead atoms. The van der Waals surface area contributed by atoms with Gasteiger partial charge in [0.15, 0.2) is 0 Å². The van der Waals surface area contributed by atoms with Crippen molar-refractivity contribution in [2.45, 2.75) is 44.5 Å². The highest BCUT2D eigenvalue weighted by Gasteiger charge is 2.26. The van der Waals surface area contributed by atoms with Crippen LogP contribution in [0.25, 0.3) is 10.8 Å². The molecule has 4 rings (SSSR count). The molecule has 0 saturated carbocycles. The second kappa shape index (κ2) is 9.95. The SMILES string of the molecule is Cc1ccc(CS(=O)(=O)NC(=O)[C@@H]2CCCN2)cc1C(=O)N[C@H](C)c1cccc2ccccc12. The monoisotopic (exact) mass is 479 g/mol. The number of hydrogen-bond acceptors (Lipinski definition) is 5. The van der Waals surface area contributed by atoms with E-state index in [1.54, 1.807) is 18.2 Å². The van der Waals surface area contributed by atoms with E-state index in [9.17, 15) is 18.0 Å². The summed E-state index contributed by atoms with van der Waals surface area (Å²) >= 11 is 0. The zero-order valence-electron chi connectivity index (χ0n) is 19.3. The largest absolute Gasteiger partial charge is 0.345 e. The molecule has 3 aromatic rings. The van der Waals surface area contributed by atoms with Crippen molar-refractivity contribution in [2.24, 2.45) is 0 Å². The maximum Gasteiger partial charge on any atom is 0.252 e. The summed E-state index contributed by atoms with van der Waals surface area (Å²) in [7, 11) is -3.89. The number of fused-ring (bicyclic) bond motifs is 1. The average molecular weight is 480 g/mol. The summed E-state index contributed by atoms with van der Waals surface area (Å²) in [6.07, 6.45) is 1.46. The molecule has 0 aromatic heterocycles. The van der Waals surface area contributed by atoms with Gasteiger partial charge in [0.05, 0.1) is 17.8 Å². The van der Waals surface area contributed by atoms with Crippen molar-refractivity contribution in [3.05, 3.63) is 82.9 Å². The van der Waals surface area contributed by atoms with Gasteiger partial charge in [0.1, 0.15) is 0 Å². The van der Waals surface area contributed by atoms with Crippen molar-refractivity contribution in [1.82, 2.24) is 15.4 Å². The van der Waals surface area contributed by atoms with Crippen molar-refractivity contribution < 1.29 is 18.0 Å². The molecule has 0 radical (unpaired) electrons. The summed E-state index contributed by atoms with van der Waals surface area (Å²) in [4.78, 5) is 25.3. The van der Waals surface area contributed by atoms with Crippen LogP contribution >= 0.6 is 0 Å². The molecule has 1 saturated heterocycles. The number of rotatable bonds is 7. The van der Waals surface area contributed by atoms with Gasteiger partial charge in [-0.05, 0) is 66.8 Å². The Hall–Kier alpha value is -3.23. The van der Waals surface area contributed by atoms with Crippen LogP contribution in [0.1, 0.15) is 52.9 Å². The van der Waals surface area contributed by atoms with E-state index in [4.69, 9.17) is 0 Å². The zero-order chi connectivity index (χ0) is 24.3. The van der Waals surface area contributed by atoms with Gasteiger partial charge in [0.2, 0.25) is 10.0 Å². The van der Waals surface area contributed by atoms with Crippen LogP contribution in [0.15, 0.2) is 60.7 Å². The predicted molar refractivity (Wildman–Crippen MR) is 133 cm³/mol. The third kappa shape index (κ3) is 5.46. The molecule has 0 unspecified atom stereocenters. The maximum atomic E-state index is 13.1. The molecule has 8 heteroatoms. The van der Waals surface area contributed by atoms with Gasteiger partial charge in [-0.15, -0.1) is 0 Å². The van der Waals surface area contributed by atoms with Crippen LogP contribution in [0.2, 0.25) is 0 Å². The minimum absolute atomic E-state index is 0.247. The summed E-state index contributed by atoms with van der Waals surface area (Å²) < 4.78 is 27.3. The highest BCUT2D eigenvalue weighted by molar-refractivity contribution is 7.89. The van der Waals surface area contributed by atoms with E-state index in [2.05, 4.69) is 15.4 Å². The lowest BCUT2D eigenvalue weighted by Crippen LogP contribution is -2.43. The van der Waals surface area contributed by atoms with Gasteiger partial charge < -0.3 is 10.6 Å². The van der Waals surface area contributed by atoms with Crippen molar-refractivity contribution in [2.75, 3.05) is 6.54 Å². The van der Waals surface area contributed by atoms with E-state index >= 15 is 0 Å². The predicted octanol–water partition coefficient (Wildman–Crippen LogP) is 3.34. The summed E-state index contributed by atoms with van der Waals surface area (Å²) in [6.45, 7) is 4.44. The van der Waals surface area contributed by atoms with E-state index in [1.807, 2.05) is 56.3 Å². The summed E-state index contributed by atoms with van der Waals surface area (Å²) in [5.74, 6) is -1.20. The first-order valence-corrected chi connectivity index (χ1v) is 13.0. The molecule has 34 heavy (non-hydrogen) atoms. The fourth-order valence-corrected chi connectivity index (χ4v) is 5.51. The number of carbonyl (C=O) groups excluding carboxylic acids is 2. The van der Waals surface area contributed by atoms with Crippen LogP contribution in [0.4, 0.5) is 0 Å². The minimum Gasteiger partial charge on any atom is -0.345 e. The number of aryl methyl sites for hydroxylation is 1. The number of carbonyl (C=O) groups is 2. The molecule has 178 valence electrons. The molecule has 1 aliphatic rings. The van der Waals surface area contributed by atoms with E-state index in [-0.39, 0.29) is 17.7 Å². The van der Waals surface area contributed by atoms with E-state index < -0.39 is 22.0 Å². The number of nitrogens with one attached hydrogen (secondary N) is 3. The molecule has 3 aromatic carbocycles. The van der Waals surface area contributed by atoms with Crippen LogP contribution < -0.4 is 15.4 Å². The smallest absolute Gasteiger partial charge is 0.252 e. The fourth-order valence-electron chi connectivity index (χ4n) is 4.37. The molecule has 1 fully saturated rings. The lowest BCUT2D eigenvalue weighted by atomic mass is 9.99. The lowest BCUT2D eigenvalue weighted by Gasteiger charge is -2.18. The van der Waals surface area contributed by atoms with Crippen molar-refractivity contribution in [3.8, 4) is 0 Å². The number of amides is 2. The van der Waals surface area contributed by atoms with Gasteiger partial charge >= 0.3 is 0 Å². The quantitative estimate of drug-likeness (QED) is 0.482. The van der Waals surface area contributed by atoms with Crippen molar-refractivity contribution >= 4 is 32.6 Å². The maximum absolute atomic E-state index is 13.1. The molecular formula is C26H29N3O4S. The highest BCUT2D eigenvalue weighted by atomic mass is 32.2. The first-order valence-electron chi connectivity index (χ1n) is 11.4. The average Bonchev–Trinajstić information content (AvgIpc) is 3.34. The normalized spacial score (nSPS) is 16.8. The standard InChI is InChI=1S/C26H29N3O4S/c1-17-12-13-19(16-34(32,33)29-26(31)24-11-6-14-27-24)15-23(17)25(30)28-18(2)21-10-5-8-20-7-3-4-9-22(20)21/h3-5,7-10,12-13,15,18,24,27H,6,11,14,16H2,1-2H3,(H,28,30)(H,29,31)/t18-,24+/m1/s1. The Morgan fingerprint density at radius 2 is 1.85 bits per heavy atom. The van der Waals surface area contributed by atoms with Crippen LogP contribution in [0.3, 0.4) is 0 Å². The molecule has 0 spiro atoms. The van der Waals surface area contributed by atoms with E-state index in [0.717, 1.165) is 28.3 Å². The Morgan fingerprint density at radius 1 is 1.09 bits per heavy atom. The lowest BCUT2D eigenvalue weighted by molar-refractivity contribution is -0.121. The molecule has 7 nitrogen and oxygen atoms in total. The Balaban J connectivity index is 1.49. The topological polar surface area (TPSA) is 104 Å².